The van der Waals surface area contributed by atoms with E-state index in [-0.39, 0.29) is 11.9 Å². The van der Waals surface area contributed by atoms with E-state index in [1.807, 2.05) is 4.90 Å². The van der Waals surface area contributed by atoms with Gasteiger partial charge in [0.05, 0.1) is 6.54 Å². The highest BCUT2D eigenvalue weighted by Crippen LogP contribution is 2.21. The monoisotopic (exact) mass is 237 g/mol. The highest BCUT2D eigenvalue weighted by Gasteiger charge is 2.27. The number of hydrogen-bond acceptors (Lipinski definition) is 3. The van der Waals surface area contributed by atoms with Gasteiger partial charge in [-0.25, -0.2) is 0 Å². The Morgan fingerprint density at radius 1 is 1.53 bits per heavy atom. The molecule has 1 heterocycles. The van der Waals surface area contributed by atoms with Crippen molar-refractivity contribution in [1.82, 2.24) is 9.80 Å². The molecule has 0 saturated carbocycles. The highest BCUT2D eigenvalue weighted by atomic mass is 16.2. The molecule has 2 rings (SSSR count). The van der Waals surface area contributed by atoms with Crippen molar-refractivity contribution < 1.29 is 4.79 Å². The zero-order valence-electron chi connectivity index (χ0n) is 10.7. The van der Waals surface area contributed by atoms with Gasteiger partial charge >= 0.3 is 0 Å². The Morgan fingerprint density at radius 2 is 2.29 bits per heavy atom. The van der Waals surface area contributed by atoms with Crippen molar-refractivity contribution in [2.75, 3.05) is 26.2 Å². The molecule has 2 N–H and O–H groups in total. The molecule has 0 atom stereocenters. The van der Waals surface area contributed by atoms with Crippen LogP contribution in [-0.2, 0) is 4.79 Å². The van der Waals surface area contributed by atoms with E-state index in [0.29, 0.717) is 6.54 Å². The first-order valence-electron chi connectivity index (χ1n) is 6.68. The summed E-state index contributed by atoms with van der Waals surface area (Å²) in [7, 11) is 0. The number of nitrogens with zero attached hydrogens (tertiary/aromatic N) is 2. The van der Waals surface area contributed by atoms with Gasteiger partial charge in [0.2, 0.25) is 5.91 Å². The summed E-state index contributed by atoms with van der Waals surface area (Å²) in [6.07, 6.45) is 6.87. The third-order valence-corrected chi connectivity index (χ3v) is 3.58. The summed E-state index contributed by atoms with van der Waals surface area (Å²) in [5.74, 6) is 0.229. The van der Waals surface area contributed by atoms with Gasteiger partial charge in [-0.2, -0.15) is 0 Å². The topological polar surface area (TPSA) is 49.6 Å². The van der Waals surface area contributed by atoms with Crippen LogP contribution in [0.1, 0.15) is 32.6 Å². The largest absolute Gasteiger partial charge is 0.325 e. The molecule has 0 radical (unpaired) electrons. The minimum absolute atomic E-state index is 0.229. The molecule has 1 fully saturated rings. The summed E-state index contributed by atoms with van der Waals surface area (Å²) in [6, 6.07) is 0.270. The number of rotatable bonds is 4. The molecule has 1 saturated heterocycles. The van der Waals surface area contributed by atoms with Crippen LogP contribution in [-0.4, -0.2) is 47.9 Å². The van der Waals surface area contributed by atoms with Crippen LogP contribution in [0.5, 0.6) is 0 Å². The number of likely N-dealkylation sites (tertiary alicyclic amines) is 1. The molecular weight excluding hydrogens is 214 g/mol. The minimum atomic E-state index is 0.229. The van der Waals surface area contributed by atoms with Crippen molar-refractivity contribution in [2.45, 2.75) is 38.6 Å². The molecule has 17 heavy (non-hydrogen) atoms. The number of carbonyl (C=O) groups excluding carboxylic acids is 1. The van der Waals surface area contributed by atoms with Crippen molar-refractivity contribution in [3.8, 4) is 0 Å². The zero-order valence-corrected chi connectivity index (χ0v) is 10.7. The molecule has 2 aliphatic rings. The van der Waals surface area contributed by atoms with Crippen LogP contribution in [0.2, 0.25) is 0 Å². The van der Waals surface area contributed by atoms with Gasteiger partial charge < -0.3 is 10.6 Å². The molecule has 0 unspecified atom stereocenters. The lowest BCUT2D eigenvalue weighted by Crippen LogP contribution is -2.58. The summed E-state index contributed by atoms with van der Waals surface area (Å²) < 4.78 is 0. The Kier molecular flexibility index (Phi) is 4.18. The van der Waals surface area contributed by atoms with E-state index in [1.54, 1.807) is 0 Å². The molecule has 0 bridgehead atoms. The Labute approximate surface area is 103 Å². The van der Waals surface area contributed by atoms with Crippen LogP contribution in [0, 0.1) is 0 Å². The predicted octanol–water partition coefficient (Wildman–Crippen LogP) is 0.936. The first kappa shape index (κ1) is 12.6. The summed E-state index contributed by atoms with van der Waals surface area (Å²) in [5, 5.41) is 0. The van der Waals surface area contributed by atoms with E-state index in [0.717, 1.165) is 32.5 Å². The van der Waals surface area contributed by atoms with Gasteiger partial charge in [0.1, 0.15) is 0 Å². The van der Waals surface area contributed by atoms with Crippen molar-refractivity contribution in [1.29, 1.82) is 0 Å². The first-order chi connectivity index (χ1) is 8.20. The molecule has 96 valence electrons. The quantitative estimate of drug-likeness (QED) is 0.791. The molecule has 1 aliphatic heterocycles. The maximum Gasteiger partial charge on any atom is 0.240 e. The number of carbonyl (C=O) groups is 1. The lowest BCUT2D eigenvalue weighted by atomic mass is 10.0. The number of likely N-dealkylation sites (N-methyl/N-ethyl adjacent to an activating group) is 1. The Balaban J connectivity index is 1.88. The summed E-state index contributed by atoms with van der Waals surface area (Å²) in [6.45, 7) is 5.09. The molecule has 0 aromatic heterocycles. The lowest BCUT2D eigenvalue weighted by Gasteiger charge is -2.38. The van der Waals surface area contributed by atoms with E-state index in [4.69, 9.17) is 5.73 Å². The lowest BCUT2D eigenvalue weighted by molar-refractivity contribution is -0.131. The normalized spacial score (nSPS) is 21.9. The van der Waals surface area contributed by atoms with Crippen molar-refractivity contribution >= 4 is 5.91 Å². The SMILES string of the molecule is CCN(C(=O)CN1CC(N)C1)C1=CCCCC1. The van der Waals surface area contributed by atoms with Crippen LogP contribution in [0.3, 0.4) is 0 Å². The maximum absolute atomic E-state index is 12.2. The number of allylic oxidation sites excluding steroid dienone is 2. The molecule has 1 amide bonds. The summed E-state index contributed by atoms with van der Waals surface area (Å²) >= 11 is 0. The fourth-order valence-corrected chi connectivity index (χ4v) is 2.62. The van der Waals surface area contributed by atoms with Crippen molar-refractivity contribution in [2.24, 2.45) is 5.73 Å². The van der Waals surface area contributed by atoms with E-state index < -0.39 is 0 Å². The first-order valence-corrected chi connectivity index (χ1v) is 6.68. The standard InChI is InChI=1S/C13H23N3O/c1-2-16(12-6-4-3-5-7-12)13(17)10-15-8-11(14)9-15/h6,11H,2-5,7-10,14H2,1H3. The van der Waals surface area contributed by atoms with Gasteiger partial charge in [-0.3, -0.25) is 9.69 Å². The van der Waals surface area contributed by atoms with Crippen LogP contribution in [0.25, 0.3) is 0 Å². The molecule has 4 heteroatoms. The second-order valence-electron chi connectivity index (χ2n) is 5.03. The Morgan fingerprint density at radius 3 is 2.82 bits per heavy atom. The average molecular weight is 237 g/mol. The summed E-state index contributed by atoms with van der Waals surface area (Å²) in [5.41, 5.74) is 6.95. The van der Waals surface area contributed by atoms with Gasteiger partial charge in [-0.05, 0) is 32.6 Å². The molecule has 1 aliphatic carbocycles. The highest BCUT2D eigenvalue weighted by molar-refractivity contribution is 5.80. The van der Waals surface area contributed by atoms with E-state index >= 15 is 0 Å². The van der Waals surface area contributed by atoms with E-state index in [1.165, 1.54) is 18.5 Å². The van der Waals surface area contributed by atoms with Gasteiger partial charge in [-0.1, -0.05) is 6.08 Å². The minimum Gasteiger partial charge on any atom is -0.325 e. The van der Waals surface area contributed by atoms with Crippen molar-refractivity contribution in [3.05, 3.63) is 11.8 Å². The van der Waals surface area contributed by atoms with Crippen LogP contribution >= 0.6 is 0 Å². The van der Waals surface area contributed by atoms with E-state index in [9.17, 15) is 4.79 Å². The third kappa shape index (κ3) is 3.07. The Bertz CT molecular complexity index is 308. The molecule has 4 nitrogen and oxygen atoms in total. The van der Waals surface area contributed by atoms with Gasteiger partial charge in [-0.15, -0.1) is 0 Å². The smallest absolute Gasteiger partial charge is 0.240 e. The van der Waals surface area contributed by atoms with Crippen LogP contribution in [0.4, 0.5) is 0 Å². The molecule has 0 spiro atoms. The van der Waals surface area contributed by atoms with Gasteiger partial charge in [0.15, 0.2) is 0 Å². The molecular formula is C13H23N3O. The van der Waals surface area contributed by atoms with Gasteiger partial charge in [0.25, 0.3) is 0 Å². The number of amides is 1. The second-order valence-corrected chi connectivity index (χ2v) is 5.03. The zero-order chi connectivity index (χ0) is 12.3. The Hall–Kier alpha value is -0.870. The van der Waals surface area contributed by atoms with Gasteiger partial charge in [0, 0.05) is 31.4 Å². The second kappa shape index (κ2) is 5.65. The molecule has 0 aromatic carbocycles. The number of hydrogen-bond donors (Lipinski definition) is 1. The van der Waals surface area contributed by atoms with E-state index in [2.05, 4.69) is 17.9 Å². The van der Waals surface area contributed by atoms with Crippen LogP contribution in [0.15, 0.2) is 11.8 Å². The fourth-order valence-electron chi connectivity index (χ4n) is 2.62. The van der Waals surface area contributed by atoms with Crippen molar-refractivity contribution in [3.63, 3.8) is 0 Å². The maximum atomic E-state index is 12.2. The fraction of sp³-hybridized carbons (Fsp3) is 0.769. The summed E-state index contributed by atoms with van der Waals surface area (Å²) in [4.78, 5) is 16.3. The third-order valence-electron chi connectivity index (χ3n) is 3.58. The molecule has 0 aromatic rings. The predicted molar refractivity (Wildman–Crippen MR) is 68.4 cm³/mol. The average Bonchev–Trinajstić information content (AvgIpc) is 2.29. The number of nitrogens with two attached hydrogens (primary N) is 1. The van der Waals surface area contributed by atoms with Crippen LogP contribution < -0.4 is 5.73 Å².